The topological polar surface area (TPSA) is 155 Å². The van der Waals surface area contributed by atoms with Crippen LogP contribution in [0.3, 0.4) is 0 Å². The molecule has 0 spiro atoms. The lowest BCUT2D eigenvalue weighted by molar-refractivity contribution is -0.161. The minimum atomic E-state index is -4.77. The molecule has 3 atom stereocenters. The first-order valence-electron chi connectivity index (χ1n) is 29.8. The van der Waals surface area contributed by atoms with Crippen LogP contribution in [0.2, 0.25) is 0 Å². The monoisotopic (exact) mass is 1080 g/mol. The van der Waals surface area contributed by atoms with Crippen LogP contribution >= 0.6 is 7.82 Å². The molecule has 0 radical (unpaired) electrons. The summed E-state index contributed by atoms with van der Waals surface area (Å²) >= 11 is 0. The van der Waals surface area contributed by atoms with Gasteiger partial charge in [-0.1, -0.05) is 207 Å². The molecule has 0 bridgehead atoms. The zero-order chi connectivity index (χ0) is 55.5. The summed E-state index contributed by atoms with van der Waals surface area (Å²) in [5, 5.41) is 9.82. The zero-order valence-electron chi connectivity index (χ0n) is 47.9. The van der Waals surface area contributed by atoms with Gasteiger partial charge in [-0.2, -0.15) is 0 Å². The van der Waals surface area contributed by atoms with Crippen molar-refractivity contribution in [3.8, 4) is 0 Å². The number of hydrogen-bond acceptors (Lipinski definition) is 10. The van der Waals surface area contributed by atoms with E-state index in [1.165, 1.54) is 25.7 Å². The Labute approximate surface area is 463 Å². The van der Waals surface area contributed by atoms with E-state index in [1.54, 1.807) is 0 Å². The van der Waals surface area contributed by atoms with Crippen molar-refractivity contribution in [2.75, 3.05) is 26.4 Å². The van der Waals surface area contributed by atoms with Gasteiger partial charge >= 0.3 is 25.7 Å². The van der Waals surface area contributed by atoms with Gasteiger partial charge in [0, 0.05) is 19.3 Å². The van der Waals surface area contributed by atoms with Crippen molar-refractivity contribution in [2.24, 2.45) is 0 Å². The van der Waals surface area contributed by atoms with Crippen molar-refractivity contribution >= 4 is 25.7 Å². The highest BCUT2D eigenvalue weighted by molar-refractivity contribution is 7.47. The molecule has 434 valence electrons. The Morgan fingerprint density at radius 1 is 0.382 bits per heavy atom. The fourth-order valence-corrected chi connectivity index (χ4v) is 8.47. The summed E-state index contributed by atoms with van der Waals surface area (Å²) < 4.78 is 39.5. The summed E-state index contributed by atoms with van der Waals surface area (Å²) in [6.07, 6.45) is 69.0. The van der Waals surface area contributed by atoms with Gasteiger partial charge < -0.3 is 24.2 Å². The quantitative estimate of drug-likeness (QED) is 0.0197. The number of phosphoric acid groups is 1. The molecular weight excluding hydrogens is 976 g/mol. The molecule has 76 heavy (non-hydrogen) atoms. The van der Waals surface area contributed by atoms with E-state index in [4.69, 9.17) is 23.3 Å². The molecular formula is C64H107O11P. The van der Waals surface area contributed by atoms with Crippen LogP contribution < -0.4 is 0 Å². The summed E-state index contributed by atoms with van der Waals surface area (Å²) in [6.45, 7) is 4.35. The lowest BCUT2D eigenvalue weighted by Gasteiger charge is -2.21. The number of esters is 3. The second kappa shape index (κ2) is 57.3. The average Bonchev–Trinajstić information content (AvgIpc) is 3.41. The Kier molecular flexibility index (Phi) is 54.4. The fraction of sp³-hybridized carbons (Fsp3) is 0.672. The standard InChI is InChI=1S/C64H107O11P/c1-4-7-10-13-16-19-22-25-27-29-30-32-34-37-40-43-46-49-52-55-64(68)75-61(57-71-62(66)53-50-47-44-41-38-36-33-31-28-26-23-20-17-14-11-8-5-2)59-73-76(69,70)72-58-60(56-65)74-63(67)54-51-48-45-42-39-35-24-21-18-15-12-9-6-3/h7-8,10-11,16-17,19-21,24-28,30,32-33,36,60-61,65H,4-6,9,12-15,18,22-23,29,31,34-35,37-59H2,1-3H3,(H,69,70)/b10-7-,11-8-,19-16-,20-17-,24-21-,27-25-,28-26-,32-30-,36-33-. The zero-order valence-corrected chi connectivity index (χ0v) is 48.8. The van der Waals surface area contributed by atoms with Crippen molar-refractivity contribution in [3.05, 3.63) is 109 Å². The number of carbonyl (C=O) groups excluding carboxylic acids is 3. The highest BCUT2D eigenvalue weighted by Crippen LogP contribution is 2.43. The highest BCUT2D eigenvalue weighted by atomic mass is 31.2. The smallest absolute Gasteiger partial charge is 0.462 e. The highest BCUT2D eigenvalue weighted by Gasteiger charge is 2.28. The minimum absolute atomic E-state index is 0.140. The molecule has 0 saturated heterocycles. The molecule has 0 amide bonds. The molecule has 0 aromatic carbocycles. The third-order valence-electron chi connectivity index (χ3n) is 12.2. The van der Waals surface area contributed by atoms with E-state index in [0.29, 0.717) is 19.3 Å². The average molecular weight is 1080 g/mol. The Morgan fingerprint density at radius 2 is 0.684 bits per heavy atom. The van der Waals surface area contributed by atoms with E-state index in [1.807, 2.05) is 0 Å². The van der Waals surface area contributed by atoms with Gasteiger partial charge in [0.05, 0.1) is 19.8 Å². The first-order valence-corrected chi connectivity index (χ1v) is 31.3. The summed E-state index contributed by atoms with van der Waals surface area (Å²) in [5.41, 5.74) is 0. The maximum atomic E-state index is 12.9. The fourth-order valence-electron chi connectivity index (χ4n) is 7.69. The first-order chi connectivity index (χ1) is 37.2. The van der Waals surface area contributed by atoms with E-state index in [9.17, 15) is 28.9 Å². The predicted octanol–water partition coefficient (Wildman–Crippen LogP) is 17.8. The van der Waals surface area contributed by atoms with E-state index in [0.717, 1.165) is 154 Å². The van der Waals surface area contributed by atoms with Gasteiger partial charge in [-0.25, -0.2) is 4.57 Å². The van der Waals surface area contributed by atoms with Crippen LogP contribution in [0, 0.1) is 0 Å². The number of unbranched alkanes of at least 4 members (excludes halogenated alkanes) is 19. The molecule has 0 fully saturated rings. The number of ether oxygens (including phenoxy) is 3. The summed E-state index contributed by atoms with van der Waals surface area (Å²) in [4.78, 5) is 48.6. The SMILES string of the molecule is CC/C=C\C/C=C\C/C=C\C/C=C\CCCCCCCCC(=O)OC(COC(=O)CCCCCC/C=C\C/C=C\C/C=C\C/C=C\CC)COP(=O)(O)OCC(CO)OC(=O)CCCCCCC/C=C\CCCCCC. The second-order valence-electron chi connectivity index (χ2n) is 19.4. The van der Waals surface area contributed by atoms with Crippen molar-refractivity contribution in [3.63, 3.8) is 0 Å². The maximum Gasteiger partial charge on any atom is 0.472 e. The van der Waals surface area contributed by atoms with Crippen LogP contribution in [0.4, 0.5) is 0 Å². The van der Waals surface area contributed by atoms with Crippen molar-refractivity contribution in [1.29, 1.82) is 0 Å². The van der Waals surface area contributed by atoms with Crippen LogP contribution in [-0.4, -0.2) is 66.5 Å². The third-order valence-corrected chi connectivity index (χ3v) is 13.1. The molecule has 2 N–H and O–H groups in total. The van der Waals surface area contributed by atoms with Gasteiger partial charge in [-0.3, -0.25) is 23.4 Å². The molecule has 11 nitrogen and oxygen atoms in total. The number of allylic oxidation sites excluding steroid dienone is 18. The van der Waals surface area contributed by atoms with Crippen molar-refractivity contribution < 1.29 is 52.2 Å². The molecule has 12 heteroatoms. The Balaban J connectivity index is 4.81. The van der Waals surface area contributed by atoms with E-state index < -0.39 is 57.8 Å². The third kappa shape index (κ3) is 54.9. The number of rotatable bonds is 54. The Morgan fingerprint density at radius 3 is 1.07 bits per heavy atom. The van der Waals surface area contributed by atoms with Gasteiger partial charge in [-0.05, 0) is 122 Å². The van der Waals surface area contributed by atoms with Gasteiger partial charge in [0.1, 0.15) is 12.7 Å². The van der Waals surface area contributed by atoms with Crippen LogP contribution in [0.1, 0.15) is 239 Å². The van der Waals surface area contributed by atoms with Crippen LogP contribution in [-0.2, 0) is 42.2 Å². The first kappa shape index (κ1) is 72.1. The van der Waals surface area contributed by atoms with E-state index in [2.05, 4.69) is 130 Å². The molecule has 0 heterocycles. The second-order valence-corrected chi connectivity index (χ2v) is 20.8. The minimum Gasteiger partial charge on any atom is -0.462 e. The number of aliphatic hydroxyl groups is 1. The van der Waals surface area contributed by atoms with Gasteiger partial charge in [0.25, 0.3) is 0 Å². The summed E-state index contributed by atoms with van der Waals surface area (Å²) in [7, 11) is -4.77. The number of phosphoric ester groups is 1. The molecule has 0 saturated carbocycles. The van der Waals surface area contributed by atoms with E-state index >= 15 is 0 Å². The molecule has 3 unspecified atom stereocenters. The van der Waals surface area contributed by atoms with Crippen molar-refractivity contribution in [1.82, 2.24) is 0 Å². The predicted molar refractivity (Wildman–Crippen MR) is 316 cm³/mol. The normalized spacial score (nSPS) is 14.1. The van der Waals surface area contributed by atoms with Crippen molar-refractivity contribution in [2.45, 2.75) is 251 Å². The van der Waals surface area contributed by atoms with Gasteiger partial charge in [-0.15, -0.1) is 0 Å². The number of carbonyl (C=O) groups is 3. The van der Waals surface area contributed by atoms with Crippen LogP contribution in [0.25, 0.3) is 0 Å². The lowest BCUT2D eigenvalue weighted by atomic mass is 10.1. The summed E-state index contributed by atoms with van der Waals surface area (Å²) in [5.74, 6) is -1.52. The molecule has 0 aromatic heterocycles. The summed E-state index contributed by atoms with van der Waals surface area (Å²) in [6, 6.07) is 0. The maximum absolute atomic E-state index is 12.9. The number of hydrogen-bond donors (Lipinski definition) is 2. The van der Waals surface area contributed by atoms with Gasteiger partial charge in [0.15, 0.2) is 6.10 Å². The Hall–Kier alpha value is -3.86. The van der Waals surface area contributed by atoms with E-state index in [-0.39, 0.29) is 25.9 Å². The molecule has 0 aromatic rings. The lowest BCUT2D eigenvalue weighted by Crippen LogP contribution is -2.30. The molecule has 0 aliphatic heterocycles. The Bertz CT molecular complexity index is 1690. The molecule has 0 aliphatic rings. The number of aliphatic hydroxyl groups excluding tert-OH is 1. The van der Waals surface area contributed by atoms with Gasteiger partial charge in [0.2, 0.25) is 0 Å². The molecule has 0 aliphatic carbocycles. The van der Waals surface area contributed by atoms with Crippen LogP contribution in [0.15, 0.2) is 109 Å². The molecule has 0 rings (SSSR count). The largest absolute Gasteiger partial charge is 0.472 e. The van der Waals surface area contributed by atoms with Crippen LogP contribution in [0.5, 0.6) is 0 Å².